The van der Waals surface area contributed by atoms with E-state index in [1.807, 2.05) is 45.3 Å². The predicted molar refractivity (Wildman–Crippen MR) is 82.0 cm³/mol. The minimum absolute atomic E-state index is 0.210. The van der Waals surface area contributed by atoms with Crippen molar-refractivity contribution in [3.63, 3.8) is 0 Å². The highest BCUT2D eigenvalue weighted by molar-refractivity contribution is 5.68. The number of aromatic nitrogens is 1. The maximum Gasteiger partial charge on any atom is 0.410 e. The summed E-state index contributed by atoms with van der Waals surface area (Å²) in [6.07, 6.45) is 3.43. The first-order valence-corrected chi connectivity index (χ1v) is 7.49. The van der Waals surface area contributed by atoms with Crippen molar-refractivity contribution in [3.8, 4) is 0 Å². The lowest BCUT2D eigenvalue weighted by atomic mass is 10.1. The Kier molecular flexibility index (Phi) is 4.83. The average molecular weight is 291 g/mol. The number of carbonyl (C=O) groups is 1. The minimum atomic E-state index is -0.432. The molecular formula is C16H25N3O2. The lowest BCUT2D eigenvalue weighted by Crippen LogP contribution is -2.50. The Bertz CT molecular complexity index is 462. The molecule has 1 aliphatic heterocycles. The van der Waals surface area contributed by atoms with E-state index >= 15 is 0 Å². The zero-order chi connectivity index (χ0) is 15.5. The van der Waals surface area contributed by atoms with Crippen molar-refractivity contribution >= 4 is 6.09 Å². The van der Waals surface area contributed by atoms with Gasteiger partial charge in [0.2, 0.25) is 0 Å². The third-order valence-electron chi connectivity index (χ3n) is 3.70. The van der Waals surface area contributed by atoms with Crippen molar-refractivity contribution in [1.29, 1.82) is 0 Å². The van der Waals surface area contributed by atoms with E-state index in [-0.39, 0.29) is 6.09 Å². The number of pyridine rings is 1. The van der Waals surface area contributed by atoms with Crippen molar-refractivity contribution in [2.24, 2.45) is 0 Å². The number of carbonyl (C=O) groups excluding carboxylic acids is 1. The van der Waals surface area contributed by atoms with Gasteiger partial charge in [-0.15, -0.1) is 0 Å². The van der Waals surface area contributed by atoms with Gasteiger partial charge in [-0.25, -0.2) is 4.79 Å². The van der Waals surface area contributed by atoms with Gasteiger partial charge in [0.25, 0.3) is 0 Å². The normalized spacial score (nSPS) is 18.4. The number of nitrogens with zero attached hydrogens (tertiary/aromatic N) is 3. The van der Waals surface area contributed by atoms with E-state index < -0.39 is 5.60 Å². The zero-order valence-electron chi connectivity index (χ0n) is 13.4. The Hall–Kier alpha value is -1.62. The highest BCUT2D eigenvalue weighted by atomic mass is 16.6. The standard InChI is InChI=1S/C16H25N3O2/c1-13(14-5-7-17-8-6-14)18-9-11-19(12-10-18)15(20)21-16(2,3)4/h5-8,13H,9-12H2,1-4H3. The van der Waals surface area contributed by atoms with E-state index in [1.165, 1.54) is 5.56 Å². The number of piperazine rings is 1. The first kappa shape index (κ1) is 15.8. The van der Waals surface area contributed by atoms with Gasteiger partial charge in [0, 0.05) is 44.6 Å². The first-order chi connectivity index (χ1) is 9.87. The molecule has 2 rings (SSSR count). The van der Waals surface area contributed by atoms with Gasteiger partial charge in [0.15, 0.2) is 0 Å². The summed E-state index contributed by atoms with van der Waals surface area (Å²) in [6, 6.07) is 4.43. The van der Waals surface area contributed by atoms with Gasteiger partial charge in [-0.2, -0.15) is 0 Å². The van der Waals surface area contributed by atoms with Crippen molar-refractivity contribution in [2.45, 2.75) is 39.3 Å². The van der Waals surface area contributed by atoms with E-state index in [0.29, 0.717) is 19.1 Å². The molecule has 0 bridgehead atoms. The van der Waals surface area contributed by atoms with Gasteiger partial charge in [0.05, 0.1) is 0 Å². The van der Waals surface area contributed by atoms with Gasteiger partial charge in [-0.05, 0) is 45.4 Å². The van der Waals surface area contributed by atoms with E-state index in [9.17, 15) is 4.79 Å². The Labute approximate surface area is 126 Å². The fourth-order valence-electron chi connectivity index (χ4n) is 2.47. The second-order valence-electron chi connectivity index (χ2n) is 6.46. The lowest BCUT2D eigenvalue weighted by Gasteiger charge is -2.38. The predicted octanol–water partition coefficient (Wildman–Crippen LogP) is 2.70. The molecule has 1 fully saturated rings. The van der Waals surface area contributed by atoms with Crippen LogP contribution in [0.15, 0.2) is 24.5 Å². The van der Waals surface area contributed by atoms with Crippen LogP contribution in [0.25, 0.3) is 0 Å². The van der Waals surface area contributed by atoms with E-state index in [0.717, 1.165) is 13.1 Å². The largest absolute Gasteiger partial charge is 0.444 e. The number of hydrogen-bond acceptors (Lipinski definition) is 4. The summed E-state index contributed by atoms with van der Waals surface area (Å²) in [6.45, 7) is 11.0. The molecule has 116 valence electrons. The molecule has 0 spiro atoms. The van der Waals surface area contributed by atoms with Crippen LogP contribution in [0.5, 0.6) is 0 Å². The third-order valence-corrected chi connectivity index (χ3v) is 3.70. The lowest BCUT2D eigenvalue weighted by molar-refractivity contribution is 0.0110. The molecule has 1 atom stereocenters. The third kappa shape index (κ3) is 4.43. The molecule has 1 aromatic heterocycles. The van der Waals surface area contributed by atoms with Crippen LogP contribution in [0.4, 0.5) is 4.79 Å². The van der Waals surface area contributed by atoms with Crippen LogP contribution in [-0.2, 0) is 4.74 Å². The maximum absolute atomic E-state index is 12.0. The van der Waals surface area contributed by atoms with Crippen LogP contribution in [0.1, 0.15) is 39.3 Å². The summed E-state index contributed by atoms with van der Waals surface area (Å²) in [4.78, 5) is 20.3. The molecule has 0 saturated carbocycles. The van der Waals surface area contributed by atoms with Gasteiger partial charge < -0.3 is 9.64 Å². The van der Waals surface area contributed by atoms with Crippen LogP contribution in [0, 0.1) is 0 Å². The quantitative estimate of drug-likeness (QED) is 0.840. The average Bonchev–Trinajstić information content (AvgIpc) is 2.46. The number of ether oxygens (including phenoxy) is 1. The van der Waals surface area contributed by atoms with Gasteiger partial charge in [-0.3, -0.25) is 9.88 Å². The van der Waals surface area contributed by atoms with Crippen molar-refractivity contribution < 1.29 is 9.53 Å². The fraction of sp³-hybridized carbons (Fsp3) is 0.625. The van der Waals surface area contributed by atoms with Gasteiger partial charge >= 0.3 is 6.09 Å². The monoisotopic (exact) mass is 291 g/mol. The molecule has 2 heterocycles. The van der Waals surface area contributed by atoms with Crippen LogP contribution in [-0.4, -0.2) is 52.7 Å². The molecule has 1 aliphatic rings. The van der Waals surface area contributed by atoms with E-state index in [4.69, 9.17) is 4.74 Å². The molecular weight excluding hydrogens is 266 g/mol. The van der Waals surface area contributed by atoms with Crippen LogP contribution in [0.2, 0.25) is 0 Å². The zero-order valence-corrected chi connectivity index (χ0v) is 13.4. The minimum Gasteiger partial charge on any atom is -0.444 e. The molecule has 0 radical (unpaired) electrons. The smallest absolute Gasteiger partial charge is 0.410 e. The SMILES string of the molecule is CC(c1ccncc1)N1CCN(C(=O)OC(C)(C)C)CC1. The summed E-state index contributed by atoms with van der Waals surface area (Å²) in [5.74, 6) is 0. The summed E-state index contributed by atoms with van der Waals surface area (Å²) in [7, 11) is 0. The Balaban J connectivity index is 1.87. The first-order valence-electron chi connectivity index (χ1n) is 7.49. The molecule has 0 N–H and O–H groups in total. The second-order valence-corrected chi connectivity index (χ2v) is 6.46. The number of amides is 1. The second kappa shape index (κ2) is 6.43. The van der Waals surface area contributed by atoms with Crippen molar-refractivity contribution in [1.82, 2.24) is 14.8 Å². The highest BCUT2D eigenvalue weighted by Gasteiger charge is 2.27. The Morgan fingerprint density at radius 3 is 2.29 bits per heavy atom. The molecule has 5 nitrogen and oxygen atoms in total. The van der Waals surface area contributed by atoms with Crippen molar-refractivity contribution in [3.05, 3.63) is 30.1 Å². The van der Waals surface area contributed by atoms with Gasteiger partial charge in [-0.1, -0.05) is 0 Å². The Morgan fingerprint density at radius 2 is 1.76 bits per heavy atom. The molecule has 5 heteroatoms. The van der Waals surface area contributed by atoms with Crippen molar-refractivity contribution in [2.75, 3.05) is 26.2 Å². The van der Waals surface area contributed by atoms with Crippen LogP contribution in [0.3, 0.4) is 0 Å². The molecule has 1 saturated heterocycles. The van der Waals surface area contributed by atoms with E-state index in [2.05, 4.69) is 16.8 Å². The molecule has 0 aromatic carbocycles. The summed E-state index contributed by atoms with van der Waals surface area (Å²) in [5.41, 5.74) is 0.828. The number of hydrogen-bond donors (Lipinski definition) is 0. The summed E-state index contributed by atoms with van der Waals surface area (Å²) < 4.78 is 5.42. The van der Waals surface area contributed by atoms with Crippen LogP contribution >= 0.6 is 0 Å². The number of rotatable bonds is 2. The summed E-state index contributed by atoms with van der Waals surface area (Å²) >= 11 is 0. The highest BCUT2D eigenvalue weighted by Crippen LogP contribution is 2.21. The Morgan fingerprint density at radius 1 is 1.19 bits per heavy atom. The summed E-state index contributed by atoms with van der Waals surface area (Å²) in [5, 5.41) is 0. The van der Waals surface area contributed by atoms with Crippen LogP contribution < -0.4 is 0 Å². The fourth-order valence-corrected chi connectivity index (χ4v) is 2.47. The maximum atomic E-state index is 12.0. The molecule has 1 unspecified atom stereocenters. The van der Waals surface area contributed by atoms with E-state index in [1.54, 1.807) is 4.90 Å². The molecule has 1 amide bonds. The molecule has 0 aliphatic carbocycles. The van der Waals surface area contributed by atoms with Gasteiger partial charge in [0.1, 0.15) is 5.60 Å². The topological polar surface area (TPSA) is 45.7 Å². The molecule has 21 heavy (non-hydrogen) atoms. The molecule has 1 aromatic rings.